The second-order valence-corrected chi connectivity index (χ2v) is 7.00. The molecule has 2 rings (SSSR count). The van der Waals surface area contributed by atoms with Crippen molar-refractivity contribution < 1.29 is 13.2 Å². The van der Waals surface area contributed by atoms with E-state index in [-0.39, 0.29) is 23.5 Å². The zero-order valence-corrected chi connectivity index (χ0v) is 14.2. The van der Waals surface area contributed by atoms with Gasteiger partial charge in [-0.1, -0.05) is 17.7 Å². The number of nitrogens with zero attached hydrogens (tertiary/aromatic N) is 1. The fraction of sp³-hybridized carbons (Fsp3) is 0.312. The average molecular weight is 336 g/mol. The summed E-state index contributed by atoms with van der Waals surface area (Å²) in [6.45, 7) is 4.05. The normalized spacial score (nSPS) is 11.4. The van der Waals surface area contributed by atoms with Gasteiger partial charge in [-0.2, -0.15) is 0 Å². The second kappa shape index (κ2) is 6.97. The molecule has 0 fully saturated rings. The lowest BCUT2D eigenvalue weighted by molar-refractivity contribution is 0.411. The number of aromatic nitrogens is 1. The van der Waals surface area contributed by atoms with Gasteiger partial charge in [-0.15, -0.1) is 0 Å². The zero-order chi connectivity index (χ0) is 17.0. The van der Waals surface area contributed by atoms with Crippen LogP contribution in [0.2, 0.25) is 0 Å². The molecule has 6 nitrogen and oxygen atoms in total. The van der Waals surface area contributed by atoms with Crippen molar-refractivity contribution in [2.45, 2.75) is 25.3 Å². The molecule has 0 atom stereocenters. The number of sulfonamides is 1. The van der Waals surface area contributed by atoms with Crippen LogP contribution in [0.3, 0.4) is 0 Å². The van der Waals surface area contributed by atoms with E-state index >= 15 is 0 Å². The number of rotatable bonds is 6. The molecule has 0 saturated heterocycles. The van der Waals surface area contributed by atoms with Gasteiger partial charge in [0.25, 0.3) is 5.56 Å². The zero-order valence-electron chi connectivity index (χ0n) is 13.4. The van der Waals surface area contributed by atoms with Gasteiger partial charge in [0.1, 0.15) is 5.75 Å². The molecule has 1 heterocycles. The third kappa shape index (κ3) is 4.20. The molecule has 0 radical (unpaired) electrons. The molecule has 0 spiro atoms. The van der Waals surface area contributed by atoms with Crippen LogP contribution in [0, 0.1) is 13.8 Å². The molecule has 0 amide bonds. The molecule has 7 heteroatoms. The lowest BCUT2D eigenvalue weighted by Crippen LogP contribution is -2.31. The number of methoxy groups -OCH3 is 1. The Hall–Kier alpha value is -2.12. The third-order valence-electron chi connectivity index (χ3n) is 3.50. The van der Waals surface area contributed by atoms with Crippen LogP contribution in [0.5, 0.6) is 5.75 Å². The first-order chi connectivity index (χ1) is 10.8. The van der Waals surface area contributed by atoms with E-state index in [1.165, 1.54) is 17.7 Å². The van der Waals surface area contributed by atoms with E-state index in [0.717, 1.165) is 5.56 Å². The van der Waals surface area contributed by atoms with E-state index in [1.807, 2.05) is 6.92 Å². The van der Waals surface area contributed by atoms with Crippen molar-refractivity contribution in [2.75, 3.05) is 13.7 Å². The highest BCUT2D eigenvalue weighted by Crippen LogP contribution is 2.10. The highest BCUT2D eigenvalue weighted by Gasteiger charge is 2.13. The van der Waals surface area contributed by atoms with Crippen molar-refractivity contribution >= 4 is 10.0 Å². The molecule has 2 aromatic rings. The summed E-state index contributed by atoms with van der Waals surface area (Å²) in [6.07, 6.45) is 0. The number of nitrogens with one attached hydrogen (secondary N) is 1. The van der Waals surface area contributed by atoms with E-state index in [2.05, 4.69) is 4.72 Å². The number of ether oxygens (including phenoxy) is 1. The molecule has 1 N–H and O–H groups in total. The predicted molar refractivity (Wildman–Crippen MR) is 88.4 cm³/mol. The van der Waals surface area contributed by atoms with Crippen LogP contribution >= 0.6 is 0 Å². The summed E-state index contributed by atoms with van der Waals surface area (Å²) in [7, 11) is -2.08. The Labute approximate surface area is 135 Å². The summed E-state index contributed by atoms with van der Waals surface area (Å²) in [6, 6.07) is 9.71. The van der Waals surface area contributed by atoms with Crippen LogP contribution in [-0.4, -0.2) is 26.6 Å². The topological polar surface area (TPSA) is 77.4 Å². The largest absolute Gasteiger partial charge is 0.496 e. The molecule has 0 saturated carbocycles. The summed E-state index contributed by atoms with van der Waals surface area (Å²) in [4.78, 5) is 12.2. The Morgan fingerprint density at radius 2 is 1.78 bits per heavy atom. The molecule has 23 heavy (non-hydrogen) atoms. The second-order valence-electron chi connectivity index (χ2n) is 5.24. The van der Waals surface area contributed by atoms with Gasteiger partial charge >= 0.3 is 0 Å². The van der Waals surface area contributed by atoms with Crippen molar-refractivity contribution in [1.82, 2.24) is 9.29 Å². The summed E-state index contributed by atoms with van der Waals surface area (Å²) in [5.74, 6) is 0.490. The van der Waals surface area contributed by atoms with Gasteiger partial charge in [0.05, 0.1) is 12.0 Å². The van der Waals surface area contributed by atoms with Gasteiger partial charge in [0.2, 0.25) is 10.0 Å². The van der Waals surface area contributed by atoms with E-state index in [9.17, 15) is 13.2 Å². The third-order valence-corrected chi connectivity index (χ3v) is 4.98. The first kappa shape index (κ1) is 17.2. The maximum atomic E-state index is 12.2. The predicted octanol–water partition coefficient (Wildman–Crippen LogP) is 1.45. The smallest absolute Gasteiger partial charge is 0.254 e. The monoisotopic (exact) mass is 336 g/mol. The Balaban J connectivity index is 2.08. The number of aryl methyl sites for hydroxylation is 2. The highest BCUT2D eigenvalue weighted by molar-refractivity contribution is 7.89. The van der Waals surface area contributed by atoms with Crippen LogP contribution in [0.1, 0.15) is 11.3 Å². The van der Waals surface area contributed by atoms with Gasteiger partial charge in [-0.25, -0.2) is 13.1 Å². The Morgan fingerprint density at radius 3 is 2.35 bits per heavy atom. The van der Waals surface area contributed by atoms with Crippen LogP contribution in [0.15, 0.2) is 46.1 Å². The summed E-state index contributed by atoms with van der Waals surface area (Å²) < 4.78 is 33.4. The lowest BCUT2D eigenvalue weighted by atomic mass is 10.2. The van der Waals surface area contributed by atoms with Crippen molar-refractivity contribution in [3.63, 3.8) is 0 Å². The molecule has 0 aliphatic carbocycles. The first-order valence-electron chi connectivity index (χ1n) is 7.15. The molecule has 0 unspecified atom stereocenters. The minimum Gasteiger partial charge on any atom is -0.496 e. The van der Waals surface area contributed by atoms with Crippen molar-refractivity contribution in [2.24, 2.45) is 0 Å². The maximum absolute atomic E-state index is 12.2. The van der Waals surface area contributed by atoms with Crippen molar-refractivity contribution in [3.05, 3.63) is 58.0 Å². The SMILES string of the molecule is COc1cc(C)n(CCNS(=O)(=O)c2ccc(C)cc2)c(=O)c1. The van der Waals surface area contributed by atoms with Gasteiger partial charge in [-0.3, -0.25) is 4.79 Å². The Kier molecular flexibility index (Phi) is 5.23. The molecule has 1 aromatic heterocycles. The number of benzene rings is 1. The van der Waals surface area contributed by atoms with Gasteiger partial charge in [0.15, 0.2) is 0 Å². The molecule has 1 aromatic carbocycles. The van der Waals surface area contributed by atoms with Crippen molar-refractivity contribution in [1.29, 1.82) is 0 Å². The molecule has 0 aliphatic heterocycles. The van der Waals surface area contributed by atoms with Crippen LogP contribution in [0.4, 0.5) is 0 Å². The number of hydrogen-bond donors (Lipinski definition) is 1. The number of hydrogen-bond acceptors (Lipinski definition) is 4. The molecule has 124 valence electrons. The van der Waals surface area contributed by atoms with Gasteiger partial charge < -0.3 is 9.30 Å². The Bertz CT molecular complexity index is 839. The van der Waals surface area contributed by atoms with Crippen molar-refractivity contribution in [3.8, 4) is 5.75 Å². The maximum Gasteiger partial charge on any atom is 0.254 e. The van der Waals surface area contributed by atoms with E-state index in [1.54, 1.807) is 37.3 Å². The molecular weight excluding hydrogens is 316 g/mol. The molecule has 0 bridgehead atoms. The minimum atomic E-state index is -3.58. The average Bonchev–Trinajstić information content (AvgIpc) is 2.50. The highest BCUT2D eigenvalue weighted by atomic mass is 32.2. The number of pyridine rings is 1. The minimum absolute atomic E-state index is 0.128. The summed E-state index contributed by atoms with van der Waals surface area (Å²) in [5.41, 5.74) is 1.48. The molecule has 0 aliphatic rings. The van der Waals surface area contributed by atoms with Gasteiger partial charge in [0, 0.05) is 24.8 Å². The lowest BCUT2D eigenvalue weighted by Gasteiger charge is -2.12. The van der Waals surface area contributed by atoms with Crippen LogP contribution in [0.25, 0.3) is 0 Å². The first-order valence-corrected chi connectivity index (χ1v) is 8.63. The van der Waals surface area contributed by atoms with Crippen LogP contribution in [-0.2, 0) is 16.6 Å². The van der Waals surface area contributed by atoms with E-state index in [0.29, 0.717) is 11.4 Å². The summed E-state index contributed by atoms with van der Waals surface area (Å²) in [5, 5.41) is 0. The van der Waals surface area contributed by atoms with E-state index in [4.69, 9.17) is 4.74 Å². The van der Waals surface area contributed by atoms with Crippen LogP contribution < -0.4 is 15.0 Å². The van der Waals surface area contributed by atoms with Gasteiger partial charge in [-0.05, 0) is 32.0 Å². The quantitative estimate of drug-likeness (QED) is 0.866. The summed E-state index contributed by atoms with van der Waals surface area (Å²) >= 11 is 0. The molecular formula is C16H20N2O4S. The standard InChI is InChI=1S/C16H20N2O4S/c1-12-4-6-15(7-5-12)23(20,21)17-8-9-18-13(2)10-14(22-3)11-16(18)19/h4-7,10-11,17H,8-9H2,1-3H3. The fourth-order valence-electron chi connectivity index (χ4n) is 2.20. The Morgan fingerprint density at radius 1 is 1.13 bits per heavy atom. The van der Waals surface area contributed by atoms with E-state index < -0.39 is 10.0 Å². The fourth-order valence-corrected chi connectivity index (χ4v) is 3.22.